The van der Waals surface area contributed by atoms with Gasteiger partial charge in [-0.1, -0.05) is 36.4 Å². The van der Waals surface area contributed by atoms with E-state index >= 15 is 0 Å². The average Bonchev–Trinajstić information content (AvgIpc) is 2.41. The number of hydrogen-bond acceptors (Lipinski definition) is 2. The van der Waals surface area contributed by atoms with Gasteiger partial charge in [-0.2, -0.15) is 0 Å². The van der Waals surface area contributed by atoms with Crippen LogP contribution in [0.25, 0.3) is 10.8 Å². The van der Waals surface area contributed by atoms with Crippen LogP contribution in [0.15, 0.2) is 42.5 Å². The van der Waals surface area contributed by atoms with E-state index in [4.69, 9.17) is 5.11 Å². The maximum atomic E-state index is 12.5. The van der Waals surface area contributed by atoms with E-state index < -0.39 is 5.97 Å². The van der Waals surface area contributed by atoms with Crippen molar-refractivity contribution in [3.05, 3.63) is 48.0 Å². The monoisotopic (exact) mass is 269 g/mol. The zero-order valence-corrected chi connectivity index (χ0v) is 11.0. The van der Waals surface area contributed by atoms with Gasteiger partial charge < -0.3 is 10.0 Å². The van der Waals surface area contributed by atoms with Crippen LogP contribution in [-0.4, -0.2) is 35.0 Å². The molecule has 0 radical (unpaired) electrons. The molecule has 1 amide bonds. The second-order valence-corrected chi connectivity index (χ2v) is 5.20. The number of rotatable bonds is 3. The van der Waals surface area contributed by atoms with Gasteiger partial charge in [-0.05, 0) is 16.8 Å². The number of carbonyl (C=O) groups is 2. The van der Waals surface area contributed by atoms with Gasteiger partial charge >= 0.3 is 5.97 Å². The molecule has 1 N–H and O–H groups in total. The summed E-state index contributed by atoms with van der Waals surface area (Å²) in [6.07, 6.45) is 0.138. The van der Waals surface area contributed by atoms with E-state index in [1.807, 2.05) is 42.5 Å². The molecule has 0 bridgehead atoms. The molecule has 0 aliphatic carbocycles. The molecule has 0 unspecified atom stereocenters. The first-order chi connectivity index (χ1) is 9.65. The number of amides is 1. The van der Waals surface area contributed by atoms with Crippen molar-refractivity contribution in [2.24, 2.45) is 5.92 Å². The molecule has 3 rings (SSSR count). The van der Waals surface area contributed by atoms with E-state index in [1.165, 1.54) is 0 Å². The predicted molar refractivity (Wildman–Crippen MR) is 75.6 cm³/mol. The van der Waals surface area contributed by atoms with Crippen LogP contribution in [0.2, 0.25) is 0 Å². The summed E-state index contributed by atoms with van der Waals surface area (Å²) in [6, 6.07) is 13.5. The molecular formula is C16H15NO3. The molecule has 0 atom stereocenters. The number of fused-ring (bicyclic) bond motifs is 1. The van der Waals surface area contributed by atoms with Crippen LogP contribution >= 0.6 is 0 Å². The maximum absolute atomic E-state index is 12.5. The Kier molecular flexibility index (Phi) is 3.14. The number of carbonyl (C=O) groups excluding carboxylic acids is 1. The third kappa shape index (κ3) is 2.25. The molecule has 0 saturated carbocycles. The van der Waals surface area contributed by atoms with Crippen LogP contribution in [-0.2, 0) is 4.79 Å². The molecule has 0 spiro atoms. The highest BCUT2D eigenvalue weighted by Crippen LogP contribution is 2.25. The zero-order valence-electron chi connectivity index (χ0n) is 11.0. The second-order valence-electron chi connectivity index (χ2n) is 5.20. The Morgan fingerprint density at radius 1 is 1.10 bits per heavy atom. The zero-order chi connectivity index (χ0) is 14.1. The van der Waals surface area contributed by atoms with Gasteiger partial charge in [0.2, 0.25) is 0 Å². The van der Waals surface area contributed by atoms with Crippen LogP contribution in [0.1, 0.15) is 16.8 Å². The maximum Gasteiger partial charge on any atom is 0.303 e. The molecule has 1 heterocycles. The van der Waals surface area contributed by atoms with Crippen molar-refractivity contribution in [1.29, 1.82) is 0 Å². The Labute approximate surface area is 116 Å². The smallest absolute Gasteiger partial charge is 0.303 e. The number of likely N-dealkylation sites (tertiary alicyclic amines) is 1. The molecule has 1 aliphatic heterocycles. The second kappa shape index (κ2) is 4.96. The molecule has 4 heteroatoms. The van der Waals surface area contributed by atoms with Gasteiger partial charge in [0.25, 0.3) is 5.91 Å². The fraction of sp³-hybridized carbons (Fsp3) is 0.250. The van der Waals surface area contributed by atoms with Crippen molar-refractivity contribution >= 4 is 22.6 Å². The summed E-state index contributed by atoms with van der Waals surface area (Å²) < 4.78 is 0. The number of nitrogens with zero attached hydrogens (tertiary/aromatic N) is 1. The number of carboxylic acid groups (broad SMARTS) is 1. The van der Waals surface area contributed by atoms with Crippen molar-refractivity contribution in [3.8, 4) is 0 Å². The molecule has 1 saturated heterocycles. The minimum absolute atomic E-state index is 0.0107. The molecule has 2 aromatic carbocycles. The quantitative estimate of drug-likeness (QED) is 0.930. The first kappa shape index (κ1) is 12.7. The normalized spacial score (nSPS) is 15.1. The Balaban J connectivity index is 1.79. The third-order valence-corrected chi connectivity index (χ3v) is 3.73. The fourth-order valence-corrected chi connectivity index (χ4v) is 2.69. The molecule has 20 heavy (non-hydrogen) atoms. The predicted octanol–water partition coefficient (Wildman–Crippen LogP) is 2.39. The van der Waals surface area contributed by atoms with Crippen LogP contribution < -0.4 is 0 Å². The van der Waals surface area contributed by atoms with Crippen molar-refractivity contribution in [1.82, 2.24) is 4.90 Å². The summed E-state index contributed by atoms with van der Waals surface area (Å²) in [5.41, 5.74) is 0.692. The van der Waals surface area contributed by atoms with E-state index in [0.29, 0.717) is 18.7 Å². The van der Waals surface area contributed by atoms with Crippen LogP contribution in [0, 0.1) is 5.92 Å². The summed E-state index contributed by atoms with van der Waals surface area (Å²) >= 11 is 0. The molecular weight excluding hydrogens is 254 g/mol. The fourth-order valence-electron chi connectivity index (χ4n) is 2.69. The summed E-state index contributed by atoms with van der Waals surface area (Å²) in [6.45, 7) is 1.07. The Bertz CT molecular complexity index is 669. The SMILES string of the molecule is O=C(O)CC1CN(C(=O)c2cccc3ccccc23)C1. The molecule has 1 aliphatic rings. The topological polar surface area (TPSA) is 57.6 Å². The Morgan fingerprint density at radius 3 is 2.55 bits per heavy atom. The van der Waals surface area contributed by atoms with E-state index in [1.54, 1.807) is 4.90 Å². The standard InChI is InChI=1S/C16H15NO3/c18-15(19)8-11-9-17(10-11)16(20)14-7-3-5-12-4-1-2-6-13(12)14/h1-7,11H,8-10H2,(H,18,19). The molecule has 0 aromatic heterocycles. The third-order valence-electron chi connectivity index (χ3n) is 3.73. The highest BCUT2D eigenvalue weighted by Gasteiger charge is 2.32. The lowest BCUT2D eigenvalue weighted by Gasteiger charge is -2.38. The van der Waals surface area contributed by atoms with Crippen molar-refractivity contribution in [2.75, 3.05) is 13.1 Å². The van der Waals surface area contributed by atoms with Gasteiger partial charge in [-0.25, -0.2) is 0 Å². The molecule has 2 aromatic rings. The summed E-state index contributed by atoms with van der Waals surface area (Å²) in [4.78, 5) is 24.8. The van der Waals surface area contributed by atoms with E-state index in [0.717, 1.165) is 10.8 Å². The Morgan fingerprint density at radius 2 is 1.80 bits per heavy atom. The first-order valence-electron chi connectivity index (χ1n) is 6.64. The number of hydrogen-bond donors (Lipinski definition) is 1. The average molecular weight is 269 g/mol. The highest BCUT2D eigenvalue weighted by molar-refractivity contribution is 6.07. The van der Waals surface area contributed by atoms with Crippen LogP contribution in [0.3, 0.4) is 0 Å². The van der Waals surface area contributed by atoms with Crippen molar-refractivity contribution in [2.45, 2.75) is 6.42 Å². The number of aliphatic carboxylic acids is 1. The minimum atomic E-state index is -0.799. The van der Waals surface area contributed by atoms with Gasteiger partial charge in [-0.15, -0.1) is 0 Å². The van der Waals surface area contributed by atoms with Gasteiger partial charge in [0, 0.05) is 24.6 Å². The van der Waals surface area contributed by atoms with Gasteiger partial charge in [-0.3, -0.25) is 9.59 Å². The summed E-state index contributed by atoms with van der Waals surface area (Å²) in [5.74, 6) is -0.720. The Hall–Kier alpha value is -2.36. The lowest BCUT2D eigenvalue weighted by atomic mass is 9.94. The lowest BCUT2D eigenvalue weighted by Crippen LogP contribution is -2.50. The highest BCUT2D eigenvalue weighted by atomic mass is 16.4. The van der Waals surface area contributed by atoms with E-state index in [9.17, 15) is 9.59 Å². The van der Waals surface area contributed by atoms with Crippen molar-refractivity contribution in [3.63, 3.8) is 0 Å². The molecule has 1 fully saturated rings. The van der Waals surface area contributed by atoms with Gasteiger partial charge in [0.05, 0.1) is 6.42 Å². The minimum Gasteiger partial charge on any atom is -0.481 e. The van der Waals surface area contributed by atoms with Crippen molar-refractivity contribution < 1.29 is 14.7 Å². The van der Waals surface area contributed by atoms with Crippen LogP contribution in [0.4, 0.5) is 0 Å². The largest absolute Gasteiger partial charge is 0.481 e. The first-order valence-corrected chi connectivity index (χ1v) is 6.64. The summed E-state index contributed by atoms with van der Waals surface area (Å²) in [7, 11) is 0. The van der Waals surface area contributed by atoms with Gasteiger partial charge in [0.1, 0.15) is 0 Å². The van der Waals surface area contributed by atoms with E-state index in [-0.39, 0.29) is 18.2 Å². The van der Waals surface area contributed by atoms with Crippen LogP contribution in [0.5, 0.6) is 0 Å². The number of carboxylic acids is 1. The molecule has 102 valence electrons. The lowest BCUT2D eigenvalue weighted by molar-refractivity contribution is -0.139. The van der Waals surface area contributed by atoms with E-state index in [2.05, 4.69) is 0 Å². The van der Waals surface area contributed by atoms with Gasteiger partial charge in [0.15, 0.2) is 0 Å². The molecule has 4 nitrogen and oxygen atoms in total. The summed E-state index contributed by atoms with van der Waals surface area (Å²) in [5, 5.41) is 10.7. The number of benzene rings is 2.